The predicted molar refractivity (Wildman–Crippen MR) is 72.9 cm³/mol. The summed E-state index contributed by atoms with van der Waals surface area (Å²) < 4.78 is 46.2. The molecule has 1 aliphatic rings. The van der Waals surface area contributed by atoms with Crippen molar-refractivity contribution in [1.29, 1.82) is 0 Å². The summed E-state index contributed by atoms with van der Waals surface area (Å²) in [6.07, 6.45) is -2.97. The van der Waals surface area contributed by atoms with Crippen LogP contribution in [-0.2, 0) is 4.74 Å². The highest BCUT2D eigenvalue weighted by Crippen LogP contribution is 2.33. The third-order valence-electron chi connectivity index (χ3n) is 2.62. The van der Waals surface area contributed by atoms with Gasteiger partial charge in [-0.15, -0.1) is 13.2 Å². The molecule has 0 saturated heterocycles. The van der Waals surface area contributed by atoms with E-state index in [0.29, 0.717) is 5.75 Å². The van der Waals surface area contributed by atoms with Gasteiger partial charge in [-0.2, -0.15) is 11.8 Å². The average molecular weight is 319 g/mol. The topological polar surface area (TPSA) is 47.9 Å². The number of fused-ring (bicyclic) bond motifs is 1. The molecule has 1 aromatic carbocycles. The van der Waals surface area contributed by atoms with Gasteiger partial charge in [0.05, 0.1) is 17.2 Å². The first kappa shape index (κ1) is 15.7. The van der Waals surface area contributed by atoms with Gasteiger partial charge in [0.2, 0.25) is 5.90 Å². The van der Waals surface area contributed by atoms with E-state index >= 15 is 0 Å². The second-order valence-electron chi connectivity index (χ2n) is 4.35. The predicted octanol–water partition coefficient (Wildman–Crippen LogP) is 3.25. The first-order valence-electron chi connectivity index (χ1n) is 6.00. The zero-order chi connectivity index (χ0) is 15.6. The van der Waals surface area contributed by atoms with E-state index < -0.39 is 18.1 Å². The summed E-state index contributed by atoms with van der Waals surface area (Å²) in [5, 5.41) is 0. The quantitative estimate of drug-likeness (QED) is 0.799. The first-order valence-corrected chi connectivity index (χ1v) is 7.39. The number of aliphatic imine (C=N–C) groups is 1. The monoisotopic (exact) mass is 319 g/mol. The number of alkyl halides is 3. The molecule has 21 heavy (non-hydrogen) atoms. The number of hydrogen-bond donors (Lipinski definition) is 0. The molecule has 4 nitrogen and oxygen atoms in total. The van der Waals surface area contributed by atoms with Gasteiger partial charge >= 0.3 is 12.3 Å². The molecule has 1 heterocycles. The third-order valence-corrected chi connectivity index (χ3v) is 3.44. The maximum Gasteiger partial charge on any atom is 0.573 e. The highest BCUT2D eigenvalue weighted by molar-refractivity contribution is 7.98. The van der Waals surface area contributed by atoms with Crippen molar-refractivity contribution in [3.05, 3.63) is 29.3 Å². The summed E-state index contributed by atoms with van der Waals surface area (Å²) in [6, 6.07) is 3.61. The Morgan fingerprint density at radius 3 is 2.76 bits per heavy atom. The smallest absolute Gasteiger partial charge is 0.405 e. The Bertz CT molecular complexity index is 587. The lowest BCUT2D eigenvalue weighted by Crippen LogP contribution is -2.19. The Morgan fingerprint density at radius 1 is 1.43 bits per heavy atom. The Morgan fingerprint density at radius 2 is 2.14 bits per heavy atom. The van der Waals surface area contributed by atoms with Crippen LogP contribution in [0, 0.1) is 0 Å². The molecule has 0 spiro atoms. The van der Waals surface area contributed by atoms with Crippen LogP contribution in [0.2, 0.25) is 0 Å². The Kier molecular flexibility index (Phi) is 4.46. The van der Waals surface area contributed by atoms with Gasteiger partial charge < -0.3 is 9.47 Å². The molecular formula is C13H12F3NO3S. The van der Waals surface area contributed by atoms with E-state index in [2.05, 4.69) is 9.73 Å². The van der Waals surface area contributed by atoms with Crippen LogP contribution in [0.5, 0.6) is 5.75 Å². The zero-order valence-electron chi connectivity index (χ0n) is 11.2. The van der Waals surface area contributed by atoms with E-state index in [0.717, 1.165) is 6.07 Å². The summed E-state index contributed by atoms with van der Waals surface area (Å²) in [5.74, 6) is -0.691. The number of carbonyl (C=O) groups is 1. The molecule has 8 heteroatoms. The van der Waals surface area contributed by atoms with Gasteiger partial charge in [0.25, 0.3) is 0 Å². The molecule has 0 fully saturated rings. The van der Waals surface area contributed by atoms with Crippen molar-refractivity contribution in [1.82, 2.24) is 0 Å². The summed E-state index contributed by atoms with van der Waals surface area (Å²) in [5.41, 5.74) is -0.0281. The van der Waals surface area contributed by atoms with Gasteiger partial charge in [-0.05, 0) is 25.3 Å². The van der Waals surface area contributed by atoms with E-state index in [1.54, 1.807) is 6.92 Å². The van der Waals surface area contributed by atoms with Crippen molar-refractivity contribution < 1.29 is 27.4 Å². The lowest BCUT2D eigenvalue weighted by molar-refractivity contribution is -0.274. The summed E-state index contributed by atoms with van der Waals surface area (Å²) in [7, 11) is 0. The minimum Gasteiger partial charge on any atom is -0.405 e. The van der Waals surface area contributed by atoms with Gasteiger partial charge in [0.1, 0.15) is 5.75 Å². The highest BCUT2D eigenvalue weighted by Gasteiger charge is 2.37. The van der Waals surface area contributed by atoms with E-state index in [4.69, 9.17) is 4.74 Å². The summed E-state index contributed by atoms with van der Waals surface area (Å²) in [4.78, 5) is 15.8. The maximum absolute atomic E-state index is 12.4. The van der Waals surface area contributed by atoms with E-state index in [1.807, 2.05) is 6.26 Å². The lowest BCUT2D eigenvalue weighted by Gasteiger charge is -2.12. The van der Waals surface area contributed by atoms with Crippen molar-refractivity contribution >= 4 is 23.6 Å². The Labute approximate surface area is 123 Å². The number of nitrogens with zero attached hydrogens (tertiary/aromatic N) is 1. The second-order valence-corrected chi connectivity index (χ2v) is 5.27. The number of rotatable bonds is 4. The number of cyclic esters (lactones) is 1. The minimum absolute atomic E-state index is 0.0202. The van der Waals surface area contributed by atoms with E-state index in [1.165, 1.54) is 23.9 Å². The number of carbonyl (C=O) groups excluding carboxylic acids is 1. The normalized spacial score (nSPS) is 17.6. The fourth-order valence-corrected chi connectivity index (χ4v) is 2.45. The maximum atomic E-state index is 12.4. The molecule has 1 aromatic rings. The van der Waals surface area contributed by atoms with Crippen LogP contribution in [0.15, 0.2) is 23.2 Å². The molecule has 0 unspecified atom stereocenters. The molecule has 114 valence electrons. The van der Waals surface area contributed by atoms with Crippen molar-refractivity contribution in [2.75, 3.05) is 12.0 Å². The molecule has 1 aliphatic heterocycles. The molecule has 0 aliphatic carbocycles. The fraction of sp³-hybridized carbons (Fsp3) is 0.385. The first-order chi connectivity index (χ1) is 9.81. The van der Waals surface area contributed by atoms with Crippen LogP contribution >= 0.6 is 11.8 Å². The average Bonchev–Trinajstić information content (AvgIpc) is 2.66. The zero-order valence-corrected chi connectivity index (χ0v) is 12.0. The number of esters is 1. The van der Waals surface area contributed by atoms with Crippen molar-refractivity contribution in [3.8, 4) is 5.75 Å². The summed E-state index contributed by atoms with van der Waals surface area (Å²) in [6.45, 7) is 1.78. The number of ether oxygens (including phenoxy) is 2. The van der Waals surface area contributed by atoms with Crippen LogP contribution in [0.25, 0.3) is 0 Å². The van der Waals surface area contributed by atoms with Crippen molar-refractivity contribution in [3.63, 3.8) is 0 Å². The summed E-state index contributed by atoms with van der Waals surface area (Å²) >= 11 is 1.53. The number of benzene rings is 1. The van der Waals surface area contributed by atoms with Crippen LogP contribution in [0.1, 0.15) is 22.8 Å². The fourth-order valence-electron chi connectivity index (χ4n) is 1.89. The lowest BCUT2D eigenvalue weighted by atomic mass is 10.1. The second kappa shape index (κ2) is 5.97. The van der Waals surface area contributed by atoms with Crippen molar-refractivity contribution in [2.45, 2.75) is 19.3 Å². The standard InChI is InChI=1S/C13H12F3NO3S/c1-7(6-21-2)17-11-10-8(12(18)19-11)4-3-5-9(10)20-13(14,15)16/h3-5,7H,6H2,1-2H3/b17-11-/t7-/m0/s1. The molecule has 0 radical (unpaired) electrons. The van der Waals surface area contributed by atoms with Crippen LogP contribution in [0.3, 0.4) is 0 Å². The third kappa shape index (κ3) is 3.69. The molecule has 0 aromatic heterocycles. The molecule has 0 bridgehead atoms. The molecule has 2 rings (SSSR count). The number of thioether (sulfide) groups is 1. The van der Waals surface area contributed by atoms with Gasteiger partial charge in [-0.3, -0.25) is 0 Å². The molecule has 0 N–H and O–H groups in total. The van der Waals surface area contributed by atoms with Crippen molar-refractivity contribution in [2.24, 2.45) is 4.99 Å². The number of hydrogen-bond acceptors (Lipinski definition) is 5. The molecule has 0 amide bonds. The van der Waals surface area contributed by atoms with Gasteiger partial charge in [-0.25, -0.2) is 9.79 Å². The minimum atomic E-state index is -4.85. The number of halogens is 3. The van der Waals surface area contributed by atoms with Gasteiger partial charge in [0, 0.05) is 5.75 Å². The Balaban J connectivity index is 2.44. The largest absolute Gasteiger partial charge is 0.573 e. The highest BCUT2D eigenvalue weighted by atomic mass is 32.2. The van der Waals surface area contributed by atoms with Crippen LogP contribution < -0.4 is 4.74 Å². The molecule has 1 atom stereocenters. The SMILES string of the molecule is CSC[C@H](C)/N=C1\OC(=O)c2cccc(OC(F)(F)F)c21. The van der Waals surface area contributed by atoms with E-state index in [9.17, 15) is 18.0 Å². The van der Waals surface area contributed by atoms with Crippen LogP contribution in [0.4, 0.5) is 13.2 Å². The van der Waals surface area contributed by atoms with Gasteiger partial charge in [-0.1, -0.05) is 6.07 Å². The van der Waals surface area contributed by atoms with Crippen LogP contribution in [-0.4, -0.2) is 36.3 Å². The van der Waals surface area contributed by atoms with Gasteiger partial charge in [0.15, 0.2) is 0 Å². The van der Waals surface area contributed by atoms with E-state index in [-0.39, 0.29) is 23.1 Å². The molecular weight excluding hydrogens is 307 g/mol. The Hall–Kier alpha value is -1.70. The molecule has 0 saturated carbocycles.